The van der Waals surface area contributed by atoms with Crippen molar-refractivity contribution in [1.29, 1.82) is 0 Å². The van der Waals surface area contributed by atoms with Crippen LogP contribution in [-0.4, -0.2) is 60.8 Å². The minimum Gasteiger partial charge on any atom is -0.179 e. The Morgan fingerprint density at radius 1 is 0.724 bits per heavy atom. The van der Waals surface area contributed by atoms with Crippen molar-refractivity contribution >= 4 is 71.4 Å². The average molecular weight is 515 g/mol. The van der Waals surface area contributed by atoms with E-state index < -0.39 is 0 Å². The predicted molar refractivity (Wildman–Crippen MR) is 155 cm³/mol. The summed E-state index contributed by atoms with van der Waals surface area (Å²) in [4.78, 5) is 0. The van der Waals surface area contributed by atoms with E-state index in [1.807, 2.05) is 0 Å². The van der Waals surface area contributed by atoms with Gasteiger partial charge < -0.3 is 0 Å². The normalized spacial score (nSPS) is 20.9. The molecule has 0 radical (unpaired) electrons. The average Bonchev–Trinajstić information content (AvgIpc) is 2.65. The van der Waals surface area contributed by atoms with E-state index in [9.17, 15) is 0 Å². The standard InChI is InChI=1S/C23H46S6/c1-22(2,3)28-18-15-26-14-17-27-21-8-6-20(7-9-21)10-11-23(4,5)29-19-16-25-13-12-24/h20-21,24H,6-19H2,1-5H3. The molecule has 0 bridgehead atoms. The van der Waals surface area contributed by atoms with Gasteiger partial charge >= 0.3 is 0 Å². The van der Waals surface area contributed by atoms with Crippen LogP contribution in [0.4, 0.5) is 0 Å². The monoisotopic (exact) mass is 514 g/mol. The first-order valence-corrected chi connectivity index (χ1v) is 17.3. The summed E-state index contributed by atoms with van der Waals surface area (Å²) >= 11 is 15.0. The highest BCUT2D eigenvalue weighted by Gasteiger charge is 2.25. The molecule has 0 saturated heterocycles. The highest BCUT2D eigenvalue weighted by molar-refractivity contribution is 8.05. The molecule has 1 saturated carbocycles. The molecule has 1 aliphatic carbocycles. The van der Waals surface area contributed by atoms with Crippen LogP contribution in [0.25, 0.3) is 0 Å². The molecule has 0 aromatic carbocycles. The molecule has 0 heterocycles. The summed E-state index contributed by atoms with van der Waals surface area (Å²) in [5, 5.41) is 0.946. The summed E-state index contributed by atoms with van der Waals surface area (Å²) in [5.74, 6) is 11.1. The first-order valence-electron chi connectivity index (χ1n) is 11.4. The molecule has 0 unspecified atom stereocenters. The molecular formula is C23H46S6. The lowest BCUT2D eigenvalue weighted by Gasteiger charge is -2.31. The maximum atomic E-state index is 4.29. The smallest absolute Gasteiger partial charge is 0.0104 e. The predicted octanol–water partition coefficient (Wildman–Crippen LogP) is 8.50. The van der Waals surface area contributed by atoms with Gasteiger partial charge in [-0.05, 0) is 50.2 Å². The van der Waals surface area contributed by atoms with Crippen molar-refractivity contribution in [3.63, 3.8) is 0 Å². The van der Waals surface area contributed by atoms with E-state index >= 15 is 0 Å². The van der Waals surface area contributed by atoms with Gasteiger partial charge in [0, 0.05) is 55.0 Å². The highest BCUT2D eigenvalue weighted by Crippen LogP contribution is 2.38. The summed E-state index contributed by atoms with van der Waals surface area (Å²) in [6.45, 7) is 11.9. The van der Waals surface area contributed by atoms with Crippen molar-refractivity contribution in [2.75, 3.05) is 46.0 Å². The molecule has 174 valence electrons. The fraction of sp³-hybridized carbons (Fsp3) is 1.00. The topological polar surface area (TPSA) is 0 Å². The van der Waals surface area contributed by atoms with Gasteiger partial charge in [-0.15, -0.1) is 0 Å². The lowest BCUT2D eigenvalue weighted by molar-refractivity contribution is 0.328. The number of hydrogen-bond donors (Lipinski definition) is 1. The Morgan fingerprint density at radius 2 is 1.31 bits per heavy atom. The number of thioether (sulfide) groups is 5. The molecule has 29 heavy (non-hydrogen) atoms. The van der Waals surface area contributed by atoms with Gasteiger partial charge in [-0.25, -0.2) is 0 Å². The minimum absolute atomic E-state index is 0.424. The second-order valence-corrected chi connectivity index (χ2v) is 17.6. The third-order valence-corrected chi connectivity index (χ3v) is 12.6. The maximum Gasteiger partial charge on any atom is 0.0104 e. The van der Waals surface area contributed by atoms with Crippen molar-refractivity contribution in [2.24, 2.45) is 5.92 Å². The molecule has 0 aromatic heterocycles. The molecule has 1 aliphatic rings. The Labute approximate surface area is 210 Å². The van der Waals surface area contributed by atoms with Crippen LogP contribution in [0.1, 0.15) is 73.1 Å². The summed E-state index contributed by atoms with van der Waals surface area (Å²) in [6.07, 6.45) is 8.72. The second-order valence-electron chi connectivity index (χ2n) is 9.57. The lowest BCUT2D eigenvalue weighted by atomic mass is 9.84. The fourth-order valence-electron chi connectivity index (χ4n) is 3.54. The van der Waals surface area contributed by atoms with Crippen LogP contribution in [0.3, 0.4) is 0 Å². The van der Waals surface area contributed by atoms with Gasteiger partial charge in [0.1, 0.15) is 0 Å². The van der Waals surface area contributed by atoms with Gasteiger partial charge in [0.15, 0.2) is 0 Å². The summed E-state index contributed by atoms with van der Waals surface area (Å²) in [7, 11) is 0. The Hall–Kier alpha value is 2.10. The summed E-state index contributed by atoms with van der Waals surface area (Å²) < 4.78 is 0.878. The quantitative estimate of drug-likeness (QED) is 0.161. The van der Waals surface area contributed by atoms with Crippen LogP contribution in [0.5, 0.6) is 0 Å². The SMILES string of the molecule is CC(C)(C)SCCSCCSC1CCC(CCC(C)(C)SCCSCCS)CC1. The van der Waals surface area contributed by atoms with Crippen LogP contribution >= 0.6 is 71.4 Å². The Bertz CT molecular complexity index is 385. The van der Waals surface area contributed by atoms with Crippen molar-refractivity contribution < 1.29 is 0 Å². The zero-order chi connectivity index (χ0) is 21.6. The van der Waals surface area contributed by atoms with Crippen LogP contribution < -0.4 is 0 Å². The fourth-order valence-corrected chi connectivity index (χ4v) is 9.29. The highest BCUT2D eigenvalue weighted by atomic mass is 32.2. The summed E-state index contributed by atoms with van der Waals surface area (Å²) in [5.41, 5.74) is 0. The summed E-state index contributed by atoms with van der Waals surface area (Å²) in [6, 6.07) is 0. The maximum absolute atomic E-state index is 4.29. The first kappa shape index (κ1) is 29.1. The van der Waals surface area contributed by atoms with Gasteiger partial charge in [0.05, 0.1) is 0 Å². The van der Waals surface area contributed by atoms with E-state index in [-0.39, 0.29) is 0 Å². The molecule has 0 nitrogen and oxygen atoms in total. The molecule has 0 aliphatic heterocycles. The molecule has 0 N–H and O–H groups in total. The largest absolute Gasteiger partial charge is 0.179 e. The third-order valence-electron chi connectivity index (χ3n) is 5.25. The Morgan fingerprint density at radius 3 is 1.93 bits per heavy atom. The van der Waals surface area contributed by atoms with Gasteiger partial charge in [0.25, 0.3) is 0 Å². The minimum atomic E-state index is 0.424. The van der Waals surface area contributed by atoms with E-state index in [2.05, 4.69) is 106 Å². The Balaban J connectivity index is 2.01. The van der Waals surface area contributed by atoms with E-state index in [1.54, 1.807) is 0 Å². The van der Waals surface area contributed by atoms with Crippen molar-refractivity contribution in [3.05, 3.63) is 0 Å². The molecule has 6 heteroatoms. The van der Waals surface area contributed by atoms with Gasteiger partial charge in [-0.2, -0.15) is 71.4 Å². The van der Waals surface area contributed by atoms with Crippen LogP contribution in [0.2, 0.25) is 0 Å². The zero-order valence-corrected chi connectivity index (χ0v) is 24.5. The van der Waals surface area contributed by atoms with E-state index in [0.717, 1.165) is 16.9 Å². The van der Waals surface area contributed by atoms with E-state index in [4.69, 9.17) is 0 Å². The van der Waals surface area contributed by atoms with Crippen LogP contribution in [-0.2, 0) is 0 Å². The van der Waals surface area contributed by atoms with Crippen molar-refractivity contribution in [1.82, 2.24) is 0 Å². The lowest BCUT2D eigenvalue weighted by Crippen LogP contribution is -2.21. The van der Waals surface area contributed by atoms with Gasteiger partial charge in [-0.1, -0.05) is 34.6 Å². The number of hydrogen-bond acceptors (Lipinski definition) is 6. The molecule has 1 fully saturated rings. The molecule has 1 rings (SSSR count). The van der Waals surface area contributed by atoms with Crippen molar-refractivity contribution in [3.8, 4) is 0 Å². The number of thiol groups is 1. The van der Waals surface area contributed by atoms with Gasteiger partial charge in [0.2, 0.25) is 0 Å². The second kappa shape index (κ2) is 16.7. The Kier molecular flexibility index (Phi) is 16.7. The van der Waals surface area contributed by atoms with Crippen molar-refractivity contribution in [2.45, 2.75) is 87.9 Å². The number of rotatable bonds is 16. The van der Waals surface area contributed by atoms with Crippen LogP contribution in [0, 0.1) is 5.92 Å². The molecule has 0 amide bonds. The van der Waals surface area contributed by atoms with E-state index in [0.29, 0.717) is 9.49 Å². The molecule has 0 atom stereocenters. The molecule has 0 aromatic rings. The van der Waals surface area contributed by atoms with E-state index in [1.165, 1.54) is 78.8 Å². The first-order chi connectivity index (χ1) is 13.7. The third kappa shape index (κ3) is 17.3. The van der Waals surface area contributed by atoms with Gasteiger partial charge in [-0.3, -0.25) is 0 Å². The zero-order valence-electron chi connectivity index (χ0n) is 19.5. The molecule has 0 spiro atoms. The van der Waals surface area contributed by atoms with Crippen LogP contribution in [0.15, 0.2) is 0 Å². The molecular weight excluding hydrogens is 469 g/mol.